The van der Waals surface area contributed by atoms with Gasteiger partial charge in [0.1, 0.15) is 43.2 Å². The zero-order valence-corrected chi connectivity index (χ0v) is 36.3. The van der Waals surface area contributed by atoms with Crippen molar-refractivity contribution >= 4 is 19.8 Å². The van der Waals surface area contributed by atoms with E-state index in [4.69, 9.17) is 18.5 Å². The topological polar surface area (TPSA) is 210 Å². The number of rotatable bonds is 37. The van der Waals surface area contributed by atoms with Crippen molar-refractivity contribution in [3.63, 3.8) is 0 Å². The van der Waals surface area contributed by atoms with Gasteiger partial charge in [-0.1, -0.05) is 154 Å². The average molecular weight is 837 g/mol. The molecule has 336 valence electrons. The molecule has 6 unspecified atom stereocenters. The minimum atomic E-state index is -5.11. The van der Waals surface area contributed by atoms with Gasteiger partial charge in [-0.15, -0.1) is 0 Å². The molecule has 0 bridgehead atoms. The van der Waals surface area contributed by atoms with Crippen LogP contribution in [0.1, 0.15) is 194 Å². The fourth-order valence-corrected chi connectivity index (χ4v) is 7.90. The Bertz CT molecular complexity index is 1060. The number of phosphoric ester groups is 1. The summed E-state index contributed by atoms with van der Waals surface area (Å²) in [6.07, 6.45) is 21.2. The molecule has 1 rings (SSSR count). The lowest BCUT2D eigenvalue weighted by Crippen LogP contribution is -2.64. The first-order chi connectivity index (χ1) is 27.4. The Morgan fingerprint density at radius 3 is 1.33 bits per heavy atom. The number of aliphatic hydroxyl groups is 5. The number of carbonyl (C=O) groups excluding carboxylic acids is 2. The van der Waals surface area contributed by atoms with Gasteiger partial charge in [-0.25, -0.2) is 4.57 Å². The fourth-order valence-electron chi connectivity index (χ4n) is 6.93. The lowest BCUT2D eigenvalue weighted by atomic mass is 9.85. The minimum Gasteiger partial charge on any atom is -0.462 e. The molecule has 1 aliphatic carbocycles. The van der Waals surface area contributed by atoms with Crippen LogP contribution in [0.15, 0.2) is 12.2 Å². The van der Waals surface area contributed by atoms with E-state index in [2.05, 4.69) is 26.0 Å². The number of carbonyl (C=O) groups is 2. The summed E-state index contributed by atoms with van der Waals surface area (Å²) in [4.78, 5) is 35.6. The molecule has 0 heterocycles. The van der Waals surface area contributed by atoms with Gasteiger partial charge in [0.25, 0.3) is 0 Å². The van der Waals surface area contributed by atoms with Crippen molar-refractivity contribution in [1.29, 1.82) is 0 Å². The third kappa shape index (κ3) is 27.1. The molecule has 14 heteroatoms. The van der Waals surface area contributed by atoms with Crippen LogP contribution in [0.2, 0.25) is 0 Å². The number of ether oxygens (including phenoxy) is 2. The molecule has 0 saturated heterocycles. The van der Waals surface area contributed by atoms with Crippen molar-refractivity contribution < 1.29 is 63.1 Å². The summed E-state index contributed by atoms with van der Waals surface area (Å²) in [5.41, 5.74) is 0. The molecule has 0 amide bonds. The molecule has 1 aliphatic rings. The van der Waals surface area contributed by atoms with Crippen molar-refractivity contribution in [2.75, 3.05) is 13.2 Å². The maximum absolute atomic E-state index is 12.8. The highest BCUT2D eigenvalue weighted by Crippen LogP contribution is 2.47. The van der Waals surface area contributed by atoms with Gasteiger partial charge in [-0.05, 0) is 38.5 Å². The molecule has 0 radical (unpaired) electrons. The number of unbranched alkanes of at least 4 members (excludes halogenated alkanes) is 23. The van der Waals surface area contributed by atoms with Gasteiger partial charge < -0.3 is 39.9 Å². The second-order valence-electron chi connectivity index (χ2n) is 15.9. The molecule has 6 N–H and O–H groups in total. The van der Waals surface area contributed by atoms with Gasteiger partial charge in [0.15, 0.2) is 6.10 Å². The zero-order valence-electron chi connectivity index (χ0n) is 35.4. The highest BCUT2D eigenvalue weighted by Gasteiger charge is 2.51. The van der Waals surface area contributed by atoms with E-state index in [-0.39, 0.29) is 12.8 Å². The first kappa shape index (κ1) is 53.6. The summed E-state index contributed by atoms with van der Waals surface area (Å²) in [7, 11) is -5.11. The maximum atomic E-state index is 12.8. The van der Waals surface area contributed by atoms with Crippen molar-refractivity contribution in [3.05, 3.63) is 12.2 Å². The van der Waals surface area contributed by atoms with Crippen LogP contribution in [-0.4, -0.2) is 98.3 Å². The molecule has 0 aromatic rings. The minimum absolute atomic E-state index is 0.0907. The number of aliphatic hydroxyl groups excluding tert-OH is 5. The van der Waals surface area contributed by atoms with Gasteiger partial charge in [0.05, 0.1) is 6.61 Å². The molecule has 0 aromatic heterocycles. The standard InChI is InChI=1S/C43H81O13P/c1-3-5-7-9-11-13-15-17-18-20-22-24-26-28-30-32-37(45)55-35(34-54-57(51,52)56-43-41(49)39(47)38(46)40(48)42(43)50)33-53-36(44)31-29-27-25-23-21-19-16-14-12-10-8-6-4-2/h17-18,35,38-43,46-50H,3-16,19-34H2,1-2H3,(H,51,52)/b18-17-/t35-,38?,39-,40?,41?,42?,43?/m1/s1. The normalized spacial score (nSPS) is 22.7. The summed E-state index contributed by atoms with van der Waals surface area (Å²) in [6.45, 7) is 3.29. The van der Waals surface area contributed by atoms with Crippen molar-refractivity contribution in [1.82, 2.24) is 0 Å². The van der Waals surface area contributed by atoms with Gasteiger partial charge in [-0.3, -0.25) is 18.6 Å². The van der Waals surface area contributed by atoms with Crippen LogP contribution < -0.4 is 0 Å². The molecule has 1 fully saturated rings. The first-order valence-corrected chi connectivity index (χ1v) is 24.0. The van der Waals surface area contributed by atoms with Crippen LogP contribution in [-0.2, 0) is 32.7 Å². The van der Waals surface area contributed by atoms with Gasteiger partial charge in [0.2, 0.25) is 0 Å². The summed E-state index contributed by atoms with van der Waals surface area (Å²) in [6, 6.07) is 0. The monoisotopic (exact) mass is 837 g/mol. The van der Waals surface area contributed by atoms with E-state index >= 15 is 0 Å². The number of allylic oxidation sites excluding steroid dienone is 2. The Morgan fingerprint density at radius 2 is 0.895 bits per heavy atom. The summed E-state index contributed by atoms with van der Waals surface area (Å²) in [5.74, 6) is -1.10. The molecule has 57 heavy (non-hydrogen) atoms. The van der Waals surface area contributed by atoms with E-state index < -0.39 is 75.7 Å². The largest absolute Gasteiger partial charge is 0.472 e. The van der Waals surface area contributed by atoms with Crippen molar-refractivity contribution in [2.45, 2.75) is 236 Å². The van der Waals surface area contributed by atoms with E-state index in [1.807, 2.05) is 0 Å². The predicted molar refractivity (Wildman–Crippen MR) is 221 cm³/mol. The number of hydrogen-bond donors (Lipinski definition) is 6. The van der Waals surface area contributed by atoms with Crippen LogP contribution in [0.4, 0.5) is 0 Å². The number of phosphoric acid groups is 1. The quantitative estimate of drug-likeness (QED) is 0.0151. The highest BCUT2D eigenvalue weighted by atomic mass is 31.2. The third-order valence-electron chi connectivity index (χ3n) is 10.6. The van der Waals surface area contributed by atoms with Gasteiger partial charge >= 0.3 is 19.8 Å². The molecule has 0 aromatic carbocycles. The smallest absolute Gasteiger partial charge is 0.462 e. The third-order valence-corrected chi connectivity index (χ3v) is 11.6. The van der Waals surface area contributed by atoms with E-state index in [1.165, 1.54) is 96.3 Å². The van der Waals surface area contributed by atoms with Gasteiger partial charge in [-0.2, -0.15) is 0 Å². The molecular formula is C43H81O13P. The maximum Gasteiger partial charge on any atom is 0.472 e. The van der Waals surface area contributed by atoms with Crippen LogP contribution in [0.5, 0.6) is 0 Å². The summed E-state index contributed by atoms with van der Waals surface area (Å²) >= 11 is 0. The number of esters is 2. The average Bonchev–Trinajstić information content (AvgIpc) is 3.19. The van der Waals surface area contributed by atoms with Crippen molar-refractivity contribution in [3.8, 4) is 0 Å². The van der Waals surface area contributed by atoms with E-state index in [1.54, 1.807) is 0 Å². The SMILES string of the molecule is CCCCCCCC/C=C\CCCCCCCC(=O)O[C@H](COC(=O)CCCCCCCCCCCCCCC)COP(=O)(O)OC1C(O)C(O)C(O)[C@@H](O)C1O. The Kier molecular flexibility index (Phi) is 32.3. The number of hydrogen-bond acceptors (Lipinski definition) is 12. The Morgan fingerprint density at radius 1 is 0.526 bits per heavy atom. The second kappa shape index (κ2) is 34.3. The molecule has 1 saturated carbocycles. The van der Waals surface area contributed by atoms with E-state index in [0.29, 0.717) is 12.8 Å². The lowest BCUT2D eigenvalue weighted by molar-refractivity contribution is -0.220. The fraction of sp³-hybridized carbons (Fsp3) is 0.907. The Labute approximate surface area is 343 Å². The lowest BCUT2D eigenvalue weighted by Gasteiger charge is -2.41. The van der Waals surface area contributed by atoms with Gasteiger partial charge in [0, 0.05) is 12.8 Å². The summed E-state index contributed by atoms with van der Waals surface area (Å²) in [5, 5.41) is 50.1. The Balaban J connectivity index is 2.48. The Hall–Kier alpha value is -1.41. The van der Waals surface area contributed by atoms with E-state index in [9.17, 15) is 44.6 Å². The van der Waals surface area contributed by atoms with Crippen LogP contribution >= 0.6 is 7.82 Å². The second-order valence-corrected chi connectivity index (χ2v) is 17.3. The van der Waals surface area contributed by atoms with Crippen LogP contribution in [0.3, 0.4) is 0 Å². The molecular weight excluding hydrogens is 755 g/mol. The molecule has 8 atom stereocenters. The highest BCUT2D eigenvalue weighted by molar-refractivity contribution is 7.47. The van der Waals surface area contributed by atoms with Crippen molar-refractivity contribution in [2.24, 2.45) is 0 Å². The molecule has 13 nitrogen and oxygen atoms in total. The summed E-state index contributed by atoms with van der Waals surface area (Å²) < 4.78 is 33.5. The van der Waals surface area contributed by atoms with Crippen LogP contribution in [0, 0.1) is 0 Å². The van der Waals surface area contributed by atoms with Crippen LogP contribution in [0.25, 0.3) is 0 Å². The predicted octanol–water partition coefficient (Wildman–Crippen LogP) is 8.28. The molecule has 0 spiro atoms. The first-order valence-electron chi connectivity index (χ1n) is 22.5. The molecule has 0 aliphatic heterocycles. The zero-order chi connectivity index (χ0) is 42.2. The van der Waals surface area contributed by atoms with E-state index in [0.717, 1.165) is 57.8 Å².